The van der Waals surface area contributed by atoms with Crippen molar-refractivity contribution in [3.63, 3.8) is 0 Å². The van der Waals surface area contributed by atoms with E-state index in [1.807, 2.05) is 23.1 Å². The number of likely N-dealkylation sites (tertiary alicyclic amines) is 1. The third-order valence-electron chi connectivity index (χ3n) is 4.19. The lowest BCUT2D eigenvalue weighted by atomic mass is 10.0. The van der Waals surface area contributed by atoms with Gasteiger partial charge in [0.1, 0.15) is 0 Å². The second-order valence-corrected chi connectivity index (χ2v) is 7.26. The molecule has 4 nitrogen and oxygen atoms in total. The van der Waals surface area contributed by atoms with Crippen LogP contribution in [0.2, 0.25) is 0 Å². The van der Waals surface area contributed by atoms with E-state index in [9.17, 15) is 4.79 Å². The van der Waals surface area contributed by atoms with Gasteiger partial charge in [-0.3, -0.25) is 4.79 Å². The van der Waals surface area contributed by atoms with Crippen LogP contribution in [-0.2, 0) is 4.79 Å². The molecule has 5 heteroatoms. The minimum atomic E-state index is -0.0794. The highest BCUT2D eigenvalue weighted by Crippen LogP contribution is 2.19. The Hall–Kier alpha value is -1.04. The molecule has 1 aliphatic heterocycles. The van der Waals surface area contributed by atoms with E-state index < -0.39 is 0 Å². The van der Waals surface area contributed by atoms with Crippen LogP contribution in [0.1, 0.15) is 19.3 Å². The molecule has 0 aliphatic carbocycles. The van der Waals surface area contributed by atoms with Crippen LogP contribution in [0.5, 0.6) is 0 Å². The lowest BCUT2D eigenvalue weighted by Gasteiger charge is -2.35. The number of hydrogen-bond acceptors (Lipinski definition) is 4. The SMILES string of the molecule is CN(C)C1CCN(C(=O)C[C@@H](N)CSc2ccccc2)CC1. The normalized spacial score (nSPS) is 17.7. The molecule has 1 heterocycles. The fourth-order valence-electron chi connectivity index (χ4n) is 2.76. The van der Waals surface area contributed by atoms with Crippen LogP contribution in [0.4, 0.5) is 0 Å². The van der Waals surface area contributed by atoms with Gasteiger partial charge in [0, 0.05) is 42.2 Å². The van der Waals surface area contributed by atoms with Gasteiger partial charge in [0.05, 0.1) is 0 Å². The van der Waals surface area contributed by atoms with E-state index >= 15 is 0 Å². The Labute approximate surface area is 138 Å². The molecule has 1 saturated heterocycles. The maximum atomic E-state index is 12.3. The number of carbonyl (C=O) groups excluding carboxylic acids is 1. The van der Waals surface area contributed by atoms with E-state index in [0.29, 0.717) is 12.5 Å². The van der Waals surface area contributed by atoms with Crippen molar-refractivity contribution in [1.82, 2.24) is 9.80 Å². The second kappa shape index (κ2) is 8.56. The number of hydrogen-bond donors (Lipinski definition) is 1. The van der Waals surface area contributed by atoms with Crippen LogP contribution in [0.25, 0.3) is 0 Å². The smallest absolute Gasteiger partial charge is 0.224 e. The van der Waals surface area contributed by atoms with Crippen LogP contribution in [0.15, 0.2) is 35.2 Å². The number of thioether (sulfide) groups is 1. The quantitative estimate of drug-likeness (QED) is 0.815. The van der Waals surface area contributed by atoms with E-state index in [2.05, 4.69) is 31.1 Å². The molecule has 0 radical (unpaired) electrons. The highest BCUT2D eigenvalue weighted by molar-refractivity contribution is 7.99. The van der Waals surface area contributed by atoms with Crippen molar-refractivity contribution in [2.75, 3.05) is 32.9 Å². The summed E-state index contributed by atoms with van der Waals surface area (Å²) in [6, 6.07) is 10.7. The summed E-state index contributed by atoms with van der Waals surface area (Å²) < 4.78 is 0. The van der Waals surface area contributed by atoms with Crippen LogP contribution in [0.3, 0.4) is 0 Å². The molecule has 1 aromatic rings. The van der Waals surface area contributed by atoms with Gasteiger partial charge in [-0.2, -0.15) is 0 Å². The third kappa shape index (κ3) is 5.30. The number of piperidine rings is 1. The number of nitrogens with zero attached hydrogens (tertiary/aromatic N) is 2. The van der Waals surface area contributed by atoms with Gasteiger partial charge >= 0.3 is 0 Å². The van der Waals surface area contributed by atoms with Crippen LogP contribution in [0, 0.1) is 0 Å². The Morgan fingerprint density at radius 3 is 2.55 bits per heavy atom. The van der Waals surface area contributed by atoms with Crippen LogP contribution < -0.4 is 5.73 Å². The minimum Gasteiger partial charge on any atom is -0.343 e. The molecule has 1 aromatic carbocycles. The number of nitrogens with two attached hydrogens (primary N) is 1. The number of benzene rings is 1. The van der Waals surface area contributed by atoms with E-state index in [-0.39, 0.29) is 11.9 Å². The Balaban J connectivity index is 1.70. The Kier molecular flexibility index (Phi) is 6.73. The van der Waals surface area contributed by atoms with Gasteiger partial charge in [0.2, 0.25) is 5.91 Å². The predicted molar refractivity (Wildman–Crippen MR) is 93.0 cm³/mol. The largest absolute Gasteiger partial charge is 0.343 e. The van der Waals surface area contributed by atoms with Gasteiger partial charge in [-0.15, -0.1) is 11.8 Å². The van der Waals surface area contributed by atoms with Gasteiger partial charge in [0.15, 0.2) is 0 Å². The van der Waals surface area contributed by atoms with Crippen LogP contribution in [-0.4, -0.2) is 60.7 Å². The number of carbonyl (C=O) groups is 1. The molecular formula is C17H27N3OS. The van der Waals surface area contributed by atoms with E-state index in [1.165, 1.54) is 4.90 Å². The van der Waals surface area contributed by atoms with Crippen molar-refractivity contribution < 1.29 is 4.79 Å². The lowest BCUT2D eigenvalue weighted by molar-refractivity contribution is -0.132. The summed E-state index contributed by atoms with van der Waals surface area (Å²) in [4.78, 5) is 17.8. The Morgan fingerprint density at radius 1 is 1.32 bits per heavy atom. The van der Waals surface area contributed by atoms with Gasteiger partial charge in [0.25, 0.3) is 0 Å². The number of rotatable bonds is 6. The zero-order valence-corrected chi connectivity index (χ0v) is 14.4. The molecule has 2 rings (SSSR count). The zero-order valence-electron chi connectivity index (χ0n) is 13.6. The van der Waals surface area contributed by atoms with E-state index in [4.69, 9.17) is 5.73 Å². The average Bonchev–Trinajstić information content (AvgIpc) is 2.54. The maximum Gasteiger partial charge on any atom is 0.224 e. The summed E-state index contributed by atoms with van der Waals surface area (Å²) in [5.74, 6) is 0.988. The molecular weight excluding hydrogens is 294 g/mol. The molecule has 2 N–H and O–H groups in total. The van der Waals surface area contributed by atoms with Gasteiger partial charge in [-0.25, -0.2) is 0 Å². The zero-order chi connectivity index (χ0) is 15.9. The van der Waals surface area contributed by atoms with Crippen LogP contribution >= 0.6 is 11.8 Å². The molecule has 0 spiro atoms. The second-order valence-electron chi connectivity index (χ2n) is 6.16. The summed E-state index contributed by atoms with van der Waals surface area (Å²) in [6.45, 7) is 1.72. The predicted octanol–water partition coefficient (Wildman–Crippen LogP) is 2.05. The van der Waals surface area contributed by atoms with Crippen molar-refractivity contribution in [3.05, 3.63) is 30.3 Å². The molecule has 0 bridgehead atoms. The summed E-state index contributed by atoms with van der Waals surface area (Å²) >= 11 is 1.72. The summed E-state index contributed by atoms with van der Waals surface area (Å²) in [7, 11) is 4.22. The van der Waals surface area contributed by atoms with Crippen molar-refractivity contribution in [1.29, 1.82) is 0 Å². The highest BCUT2D eigenvalue weighted by atomic mass is 32.2. The topological polar surface area (TPSA) is 49.6 Å². The Morgan fingerprint density at radius 2 is 1.95 bits per heavy atom. The van der Waals surface area contributed by atoms with E-state index in [0.717, 1.165) is 31.7 Å². The van der Waals surface area contributed by atoms with Crippen molar-refractivity contribution >= 4 is 17.7 Å². The number of amides is 1. The molecule has 22 heavy (non-hydrogen) atoms. The van der Waals surface area contributed by atoms with Gasteiger partial charge in [-0.05, 0) is 39.1 Å². The molecule has 1 amide bonds. The standard InChI is InChI=1S/C17H27N3OS/c1-19(2)15-8-10-20(11-9-15)17(21)12-14(18)13-22-16-6-4-3-5-7-16/h3-7,14-15H,8-13,18H2,1-2H3/t14-/m1/s1. The molecule has 1 atom stereocenters. The molecule has 1 aliphatic rings. The highest BCUT2D eigenvalue weighted by Gasteiger charge is 2.24. The first-order valence-electron chi connectivity index (χ1n) is 7.94. The summed E-state index contributed by atoms with van der Waals surface area (Å²) in [6.07, 6.45) is 2.58. The van der Waals surface area contributed by atoms with Crippen molar-refractivity contribution in [3.8, 4) is 0 Å². The van der Waals surface area contributed by atoms with Gasteiger partial charge < -0.3 is 15.5 Å². The average molecular weight is 321 g/mol. The Bertz CT molecular complexity index is 458. The molecule has 1 fully saturated rings. The monoisotopic (exact) mass is 321 g/mol. The maximum absolute atomic E-state index is 12.3. The van der Waals surface area contributed by atoms with E-state index in [1.54, 1.807) is 11.8 Å². The minimum absolute atomic E-state index is 0.0794. The molecule has 122 valence electrons. The van der Waals surface area contributed by atoms with Crippen molar-refractivity contribution in [2.24, 2.45) is 5.73 Å². The fourth-order valence-corrected chi connectivity index (χ4v) is 3.64. The first-order chi connectivity index (χ1) is 10.6. The molecule has 0 unspecified atom stereocenters. The summed E-state index contributed by atoms with van der Waals surface area (Å²) in [5.41, 5.74) is 6.13. The lowest BCUT2D eigenvalue weighted by Crippen LogP contribution is -2.46. The first-order valence-corrected chi connectivity index (χ1v) is 8.92. The third-order valence-corrected chi connectivity index (χ3v) is 5.39. The first kappa shape index (κ1) is 17.3. The molecule has 0 saturated carbocycles. The summed E-state index contributed by atoms with van der Waals surface area (Å²) in [5, 5.41) is 0. The van der Waals surface area contributed by atoms with Crippen molar-refractivity contribution in [2.45, 2.75) is 36.2 Å². The molecule has 0 aromatic heterocycles. The van der Waals surface area contributed by atoms with Gasteiger partial charge in [-0.1, -0.05) is 18.2 Å². The fraction of sp³-hybridized carbons (Fsp3) is 0.588.